The summed E-state index contributed by atoms with van der Waals surface area (Å²) in [5.74, 6) is -0.188. The molecule has 1 amide bonds. The smallest absolute Gasteiger partial charge is 0.305 e. The van der Waals surface area contributed by atoms with Crippen molar-refractivity contribution in [1.29, 1.82) is 0 Å². The Morgan fingerprint density at radius 1 is 0.481 bits per heavy atom. The first-order valence-corrected chi connectivity index (χ1v) is 32.8. The Labute approximate surface area is 473 Å². The summed E-state index contributed by atoms with van der Waals surface area (Å²) in [6.07, 6.45) is 59.8. The molecule has 0 spiro atoms. The summed E-state index contributed by atoms with van der Waals surface area (Å²) in [5, 5.41) is 54.2. The molecule has 0 saturated carbocycles. The van der Waals surface area contributed by atoms with Crippen molar-refractivity contribution in [3.63, 3.8) is 0 Å². The van der Waals surface area contributed by atoms with E-state index in [2.05, 4.69) is 43.5 Å². The summed E-state index contributed by atoms with van der Waals surface area (Å²) in [5.41, 5.74) is 0. The molecule has 452 valence electrons. The summed E-state index contributed by atoms with van der Waals surface area (Å²) < 4.78 is 16.7. The summed E-state index contributed by atoms with van der Waals surface area (Å²) in [6.45, 7) is 4.30. The van der Waals surface area contributed by atoms with Gasteiger partial charge in [0.05, 0.1) is 32.0 Å². The van der Waals surface area contributed by atoms with Crippen LogP contribution in [0.2, 0.25) is 0 Å². The highest BCUT2D eigenvalue weighted by molar-refractivity contribution is 5.76. The summed E-state index contributed by atoms with van der Waals surface area (Å²) in [6, 6.07) is -0.808. The molecule has 0 aromatic carbocycles. The molecule has 7 unspecified atom stereocenters. The molecule has 0 aromatic rings. The standard InChI is InChI=1S/C66H123NO10/c1-3-5-7-9-11-13-14-15-16-24-28-31-34-38-42-46-50-54-62(71)75-55-51-47-43-39-35-32-29-26-23-21-19-17-18-20-22-25-27-30-33-37-41-45-49-53-61(70)67-58(59(69)52-48-44-40-36-12-10-8-6-4-2)57-76-66-65(74)64(73)63(72)60(56-68)77-66/h11,13,15-16,48,52,58-60,63-66,68-69,72-74H,3-10,12,14,17-47,49-51,53-57H2,1-2H3,(H,67,70)/b13-11-,16-15-,52-48+. The number of ether oxygens (including phenoxy) is 3. The number of carbonyl (C=O) groups excluding carboxylic acids is 2. The van der Waals surface area contributed by atoms with Crippen LogP contribution in [0, 0.1) is 0 Å². The Morgan fingerprint density at radius 2 is 0.870 bits per heavy atom. The maximum Gasteiger partial charge on any atom is 0.305 e. The molecule has 11 nitrogen and oxygen atoms in total. The number of hydrogen-bond acceptors (Lipinski definition) is 10. The van der Waals surface area contributed by atoms with Gasteiger partial charge in [0, 0.05) is 12.8 Å². The Kier molecular flexibility index (Phi) is 52.8. The third-order valence-corrected chi connectivity index (χ3v) is 15.5. The molecular formula is C66H123NO10. The molecule has 77 heavy (non-hydrogen) atoms. The normalized spacial score (nSPS) is 18.8. The number of nitrogens with one attached hydrogen (secondary N) is 1. The highest BCUT2D eigenvalue weighted by atomic mass is 16.7. The fraction of sp³-hybridized carbons (Fsp3) is 0.879. The Bertz CT molecular complexity index is 1370. The molecule has 11 heteroatoms. The topological polar surface area (TPSA) is 175 Å². The molecule has 1 heterocycles. The van der Waals surface area contributed by atoms with Crippen LogP contribution in [0.5, 0.6) is 0 Å². The zero-order valence-electron chi connectivity index (χ0n) is 49.9. The number of unbranched alkanes of at least 4 members (excludes halogenated alkanes) is 39. The van der Waals surface area contributed by atoms with E-state index < -0.39 is 49.5 Å². The van der Waals surface area contributed by atoms with E-state index in [1.807, 2.05) is 6.08 Å². The third kappa shape index (κ3) is 45.2. The molecule has 1 fully saturated rings. The number of aliphatic hydroxyl groups is 5. The van der Waals surface area contributed by atoms with E-state index in [0.29, 0.717) is 19.4 Å². The Balaban J connectivity index is 1.94. The minimum absolute atomic E-state index is 0.00510. The van der Waals surface area contributed by atoms with Crippen molar-refractivity contribution >= 4 is 11.9 Å². The first-order chi connectivity index (χ1) is 37.7. The summed E-state index contributed by atoms with van der Waals surface area (Å²) in [7, 11) is 0. The lowest BCUT2D eigenvalue weighted by Gasteiger charge is -2.40. The number of aliphatic hydroxyl groups excluding tert-OH is 5. The van der Waals surface area contributed by atoms with Gasteiger partial charge in [0.1, 0.15) is 24.4 Å². The van der Waals surface area contributed by atoms with Gasteiger partial charge < -0.3 is 45.1 Å². The SMILES string of the molecule is CCCCC/C=C\C/C=C\CCCCCCCCCC(=O)OCCCCCCCCCCCCCCCCCCCCCCCCCC(=O)NC(COC1OC(CO)C(O)C(O)C1O)C(O)/C=C/CCCCCCCCC. The predicted octanol–water partition coefficient (Wildman–Crippen LogP) is 15.8. The van der Waals surface area contributed by atoms with Crippen LogP contribution in [0.1, 0.15) is 309 Å². The number of amides is 1. The fourth-order valence-electron chi connectivity index (χ4n) is 10.3. The van der Waals surface area contributed by atoms with Crippen LogP contribution in [0.4, 0.5) is 0 Å². The molecule has 1 saturated heterocycles. The molecule has 0 aromatic heterocycles. The van der Waals surface area contributed by atoms with Crippen LogP contribution in [0.25, 0.3) is 0 Å². The van der Waals surface area contributed by atoms with Crippen molar-refractivity contribution in [2.45, 2.75) is 352 Å². The number of hydrogen-bond donors (Lipinski definition) is 6. The summed E-state index contributed by atoms with van der Waals surface area (Å²) >= 11 is 0. The molecule has 7 atom stereocenters. The number of carbonyl (C=O) groups is 2. The lowest BCUT2D eigenvalue weighted by molar-refractivity contribution is -0.302. The summed E-state index contributed by atoms with van der Waals surface area (Å²) in [4.78, 5) is 25.1. The largest absolute Gasteiger partial charge is 0.466 e. The number of allylic oxidation sites excluding steroid dienone is 5. The van der Waals surface area contributed by atoms with Gasteiger partial charge in [0.15, 0.2) is 6.29 Å². The van der Waals surface area contributed by atoms with Crippen LogP contribution in [0.15, 0.2) is 36.5 Å². The van der Waals surface area contributed by atoms with Crippen LogP contribution in [0.3, 0.4) is 0 Å². The Morgan fingerprint density at radius 3 is 1.34 bits per heavy atom. The first-order valence-electron chi connectivity index (χ1n) is 32.8. The van der Waals surface area contributed by atoms with Crippen LogP contribution < -0.4 is 5.32 Å². The van der Waals surface area contributed by atoms with E-state index in [1.54, 1.807) is 6.08 Å². The molecule has 1 aliphatic heterocycles. The van der Waals surface area contributed by atoms with Gasteiger partial charge in [-0.1, -0.05) is 269 Å². The average Bonchev–Trinajstić information content (AvgIpc) is 3.43. The second-order valence-corrected chi connectivity index (χ2v) is 22.8. The lowest BCUT2D eigenvalue weighted by Crippen LogP contribution is -2.60. The average molecular weight is 1090 g/mol. The lowest BCUT2D eigenvalue weighted by atomic mass is 9.99. The van der Waals surface area contributed by atoms with E-state index in [-0.39, 0.29) is 18.5 Å². The molecule has 1 aliphatic rings. The Hall–Kier alpha value is -2.12. The highest BCUT2D eigenvalue weighted by Gasteiger charge is 2.44. The predicted molar refractivity (Wildman–Crippen MR) is 320 cm³/mol. The van der Waals surface area contributed by atoms with Crippen LogP contribution in [-0.2, 0) is 23.8 Å². The molecule has 0 radical (unpaired) electrons. The molecule has 0 bridgehead atoms. The highest BCUT2D eigenvalue weighted by Crippen LogP contribution is 2.23. The maximum absolute atomic E-state index is 13.0. The van der Waals surface area contributed by atoms with Crippen molar-refractivity contribution in [3.05, 3.63) is 36.5 Å². The quantitative estimate of drug-likeness (QED) is 0.0195. The third-order valence-electron chi connectivity index (χ3n) is 15.5. The maximum atomic E-state index is 13.0. The monoisotopic (exact) mass is 1090 g/mol. The zero-order chi connectivity index (χ0) is 55.9. The van der Waals surface area contributed by atoms with E-state index in [1.165, 1.54) is 218 Å². The van der Waals surface area contributed by atoms with Crippen molar-refractivity contribution in [1.82, 2.24) is 5.32 Å². The van der Waals surface area contributed by atoms with Crippen molar-refractivity contribution in [3.8, 4) is 0 Å². The van der Waals surface area contributed by atoms with Crippen molar-refractivity contribution in [2.75, 3.05) is 19.8 Å². The number of rotatable bonds is 57. The van der Waals surface area contributed by atoms with Gasteiger partial charge in [-0.05, 0) is 64.2 Å². The van der Waals surface area contributed by atoms with Gasteiger partial charge in [-0.2, -0.15) is 0 Å². The molecule has 1 rings (SSSR count). The minimum atomic E-state index is -1.57. The minimum Gasteiger partial charge on any atom is -0.466 e. The second kappa shape index (κ2) is 55.8. The van der Waals surface area contributed by atoms with Gasteiger partial charge in [-0.25, -0.2) is 0 Å². The van der Waals surface area contributed by atoms with E-state index >= 15 is 0 Å². The molecular weight excluding hydrogens is 967 g/mol. The first kappa shape index (κ1) is 72.9. The van der Waals surface area contributed by atoms with E-state index in [9.17, 15) is 35.1 Å². The van der Waals surface area contributed by atoms with Gasteiger partial charge in [-0.3, -0.25) is 9.59 Å². The van der Waals surface area contributed by atoms with Gasteiger partial charge in [-0.15, -0.1) is 0 Å². The van der Waals surface area contributed by atoms with Gasteiger partial charge in [0.25, 0.3) is 0 Å². The van der Waals surface area contributed by atoms with Crippen molar-refractivity contribution < 1.29 is 49.3 Å². The zero-order valence-corrected chi connectivity index (χ0v) is 49.9. The molecule has 6 N–H and O–H groups in total. The second-order valence-electron chi connectivity index (χ2n) is 22.8. The van der Waals surface area contributed by atoms with Gasteiger partial charge >= 0.3 is 5.97 Å². The number of esters is 1. The van der Waals surface area contributed by atoms with E-state index in [4.69, 9.17) is 14.2 Å². The fourth-order valence-corrected chi connectivity index (χ4v) is 10.3. The van der Waals surface area contributed by atoms with Crippen LogP contribution in [-0.4, -0.2) is 100 Å². The van der Waals surface area contributed by atoms with E-state index in [0.717, 1.165) is 64.2 Å². The van der Waals surface area contributed by atoms with Gasteiger partial charge in [0.2, 0.25) is 5.91 Å². The molecule has 0 aliphatic carbocycles. The van der Waals surface area contributed by atoms with Crippen molar-refractivity contribution in [2.24, 2.45) is 0 Å². The van der Waals surface area contributed by atoms with Crippen LogP contribution >= 0.6 is 0 Å².